The Morgan fingerprint density at radius 2 is 2.09 bits per heavy atom. The fourth-order valence-electron chi connectivity index (χ4n) is 3.78. The maximum Gasteiger partial charge on any atom is 0.255 e. The molecule has 0 aliphatic rings. The van der Waals surface area contributed by atoms with Crippen LogP contribution in [0.1, 0.15) is 28.5 Å². The normalized spacial score (nSPS) is 13.1. The Labute approximate surface area is 206 Å². The number of carbonyl (C=O) groups is 1. The lowest BCUT2D eigenvalue weighted by atomic mass is 10.0. The first kappa shape index (κ1) is 26.1. The SMILES string of the molecule is C=C/C(F)=C\C=C(/C)c1nn2cc(N(CCO)S(C)=O)c(-c3cccc(C)c3)cc2c1C(=O)NC. The standard InChI is InChI=1S/C26H29FN4O3S/c1-6-20(27)11-10-18(3)25-24(26(33)28-4)22-15-21(19-9-7-8-17(2)14-19)23(16-30(22)29-25)31(12-13-32)35(5)34/h6-11,14-16,32H,1,12-13H2,2-5H3,(H,28,33)/b18-10+,20-11+. The molecule has 1 aromatic carbocycles. The number of hydrogen-bond donors (Lipinski definition) is 2. The molecule has 0 saturated heterocycles. The van der Waals surface area contributed by atoms with E-state index in [1.165, 1.54) is 25.5 Å². The highest BCUT2D eigenvalue weighted by Gasteiger charge is 2.24. The molecule has 184 valence electrons. The third-order valence-electron chi connectivity index (χ3n) is 5.48. The number of fused-ring (bicyclic) bond motifs is 1. The highest BCUT2D eigenvalue weighted by Crippen LogP contribution is 2.35. The number of halogens is 1. The number of benzene rings is 1. The van der Waals surface area contributed by atoms with Crippen LogP contribution in [0.4, 0.5) is 10.1 Å². The van der Waals surface area contributed by atoms with Crippen molar-refractivity contribution in [3.8, 4) is 11.1 Å². The van der Waals surface area contributed by atoms with Crippen molar-refractivity contribution < 1.29 is 18.5 Å². The first-order chi connectivity index (χ1) is 16.7. The number of aliphatic hydroxyl groups excluding tert-OH is 1. The second-order valence-electron chi connectivity index (χ2n) is 7.93. The molecule has 35 heavy (non-hydrogen) atoms. The summed E-state index contributed by atoms with van der Waals surface area (Å²) < 4.78 is 29.4. The van der Waals surface area contributed by atoms with Gasteiger partial charge in [0.25, 0.3) is 5.91 Å². The number of nitrogens with one attached hydrogen (secondary N) is 1. The van der Waals surface area contributed by atoms with Crippen molar-refractivity contribution in [3.63, 3.8) is 0 Å². The lowest BCUT2D eigenvalue weighted by Gasteiger charge is -2.24. The van der Waals surface area contributed by atoms with Crippen molar-refractivity contribution in [3.05, 3.63) is 84.0 Å². The predicted molar refractivity (Wildman–Crippen MR) is 140 cm³/mol. The van der Waals surface area contributed by atoms with E-state index in [0.29, 0.717) is 28.0 Å². The number of aryl methyl sites for hydroxylation is 1. The number of aliphatic hydroxyl groups is 1. The maximum atomic E-state index is 13.6. The Bertz CT molecular complexity index is 1360. The molecule has 1 unspecified atom stereocenters. The summed E-state index contributed by atoms with van der Waals surface area (Å²) in [6.07, 6.45) is 7.12. The Balaban J connectivity index is 2.40. The average molecular weight is 497 g/mol. The van der Waals surface area contributed by atoms with E-state index in [1.807, 2.05) is 37.3 Å². The van der Waals surface area contributed by atoms with E-state index >= 15 is 0 Å². The van der Waals surface area contributed by atoms with Crippen LogP contribution in [-0.4, -0.2) is 51.3 Å². The molecule has 0 radical (unpaired) electrons. The average Bonchev–Trinajstić information content (AvgIpc) is 3.22. The molecule has 0 aliphatic carbocycles. The lowest BCUT2D eigenvalue weighted by Crippen LogP contribution is -2.29. The smallest absolute Gasteiger partial charge is 0.255 e. The number of carbonyl (C=O) groups excluding carboxylic acids is 1. The van der Waals surface area contributed by atoms with Gasteiger partial charge in [0.05, 0.1) is 36.1 Å². The third kappa shape index (κ3) is 5.58. The maximum absolute atomic E-state index is 13.6. The summed E-state index contributed by atoms with van der Waals surface area (Å²) in [5.74, 6) is -0.853. The van der Waals surface area contributed by atoms with Crippen molar-refractivity contribution in [2.45, 2.75) is 13.8 Å². The Hall–Kier alpha value is -3.56. The van der Waals surface area contributed by atoms with E-state index in [0.717, 1.165) is 22.8 Å². The van der Waals surface area contributed by atoms with Crippen molar-refractivity contribution in [1.82, 2.24) is 14.9 Å². The molecule has 1 amide bonds. The summed E-state index contributed by atoms with van der Waals surface area (Å²) >= 11 is 0. The zero-order valence-corrected chi connectivity index (χ0v) is 21.0. The molecule has 2 N–H and O–H groups in total. The highest BCUT2D eigenvalue weighted by molar-refractivity contribution is 7.85. The third-order valence-corrected chi connectivity index (χ3v) is 6.48. The Morgan fingerprint density at radius 1 is 1.34 bits per heavy atom. The minimum Gasteiger partial charge on any atom is -0.394 e. The molecule has 2 heterocycles. The van der Waals surface area contributed by atoms with Crippen molar-refractivity contribution in [1.29, 1.82) is 0 Å². The van der Waals surface area contributed by atoms with Crippen LogP contribution >= 0.6 is 0 Å². The molecular formula is C26H29FN4O3S. The minimum atomic E-state index is -1.43. The van der Waals surface area contributed by atoms with E-state index < -0.39 is 16.8 Å². The van der Waals surface area contributed by atoms with Gasteiger partial charge in [0.15, 0.2) is 0 Å². The van der Waals surface area contributed by atoms with Gasteiger partial charge in [-0.3, -0.25) is 9.10 Å². The van der Waals surface area contributed by atoms with Gasteiger partial charge in [0.2, 0.25) is 0 Å². The largest absolute Gasteiger partial charge is 0.394 e. The van der Waals surface area contributed by atoms with Crippen molar-refractivity contribution >= 4 is 33.7 Å². The van der Waals surface area contributed by atoms with Crippen molar-refractivity contribution in [2.75, 3.05) is 30.8 Å². The number of nitrogens with zero attached hydrogens (tertiary/aromatic N) is 3. The Kier molecular flexibility index (Phi) is 8.37. The molecule has 0 aliphatic heterocycles. The van der Waals surface area contributed by atoms with Crippen molar-refractivity contribution in [2.24, 2.45) is 0 Å². The highest BCUT2D eigenvalue weighted by atomic mass is 32.2. The number of hydrogen-bond acceptors (Lipinski definition) is 4. The van der Waals surface area contributed by atoms with Gasteiger partial charge >= 0.3 is 0 Å². The van der Waals surface area contributed by atoms with Gasteiger partial charge in [-0.2, -0.15) is 5.10 Å². The zero-order chi connectivity index (χ0) is 25.7. The summed E-state index contributed by atoms with van der Waals surface area (Å²) in [5.41, 5.74) is 5.06. The number of amides is 1. The van der Waals surface area contributed by atoms with Crippen LogP contribution in [0.25, 0.3) is 22.2 Å². The van der Waals surface area contributed by atoms with E-state index in [9.17, 15) is 18.5 Å². The molecule has 3 rings (SSSR count). The monoisotopic (exact) mass is 496 g/mol. The first-order valence-corrected chi connectivity index (χ1v) is 12.5. The number of rotatable bonds is 9. The second kappa shape index (κ2) is 11.2. The van der Waals surface area contributed by atoms with Crippen LogP contribution in [-0.2, 0) is 11.0 Å². The van der Waals surface area contributed by atoms with Crippen LogP contribution in [0, 0.1) is 6.92 Å². The van der Waals surface area contributed by atoms with Gasteiger partial charge in [-0.05, 0) is 43.2 Å². The molecule has 9 heteroatoms. The Morgan fingerprint density at radius 3 is 2.69 bits per heavy atom. The molecule has 0 bridgehead atoms. The summed E-state index contributed by atoms with van der Waals surface area (Å²) in [6.45, 7) is 7.07. The first-order valence-electron chi connectivity index (χ1n) is 11.0. The number of anilines is 1. The lowest BCUT2D eigenvalue weighted by molar-refractivity contribution is 0.0964. The van der Waals surface area contributed by atoms with Gasteiger partial charge < -0.3 is 10.4 Å². The molecule has 1 atom stereocenters. The minimum absolute atomic E-state index is 0.147. The van der Waals surface area contributed by atoms with Crippen LogP contribution in [0.3, 0.4) is 0 Å². The zero-order valence-electron chi connectivity index (χ0n) is 20.2. The van der Waals surface area contributed by atoms with Crippen LogP contribution in [0.2, 0.25) is 0 Å². The van der Waals surface area contributed by atoms with Crippen LogP contribution in [0.15, 0.2) is 67.2 Å². The topological polar surface area (TPSA) is 86.9 Å². The fourth-order valence-corrected chi connectivity index (χ4v) is 4.54. The molecule has 0 saturated carbocycles. The van der Waals surface area contributed by atoms with Crippen LogP contribution < -0.4 is 9.62 Å². The quantitative estimate of drug-likeness (QED) is 0.435. The fraction of sp³-hybridized carbons (Fsp3) is 0.231. The van der Waals surface area contributed by atoms with Gasteiger partial charge in [-0.15, -0.1) is 0 Å². The molecule has 0 spiro atoms. The van der Waals surface area contributed by atoms with Gasteiger partial charge in [0, 0.05) is 18.9 Å². The summed E-state index contributed by atoms with van der Waals surface area (Å²) in [4.78, 5) is 13.0. The van der Waals surface area contributed by atoms with E-state index in [2.05, 4.69) is 17.0 Å². The van der Waals surface area contributed by atoms with E-state index in [1.54, 1.807) is 21.9 Å². The van der Waals surface area contributed by atoms with Gasteiger partial charge in [-0.25, -0.2) is 13.1 Å². The molecular weight excluding hydrogens is 467 g/mol. The summed E-state index contributed by atoms with van der Waals surface area (Å²) in [5, 5.41) is 16.9. The van der Waals surface area contributed by atoms with Gasteiger partial charge in [-0.1, -0.05) is 42.5 Å². The van der Waals surface area contributed by atoms with Gasteiger partial charge in [0.1, 0.15) is 22.5 Å². The van der Waals surface area contributed by atoms with E-state index in [4.69, 9.17) is 0 Å². The second-order valence-corrected chi connectivity index (χ2v) is 9.22. The molecule has 7 nitrogen and oxygen atoms in total. The molecule has 2 aromatic heterocycles. The summed E-state index contributed by atoms with van der Waals surface area (Å²) in [6, 6.07) is 9.66. The summed E-state index contributed by atoms with van der Waals surface area (Å²) in [7, 11) is 0.102. The number of allylic oxidation sites excluding steroid dienone is 5. The number of pyridine rings is 1. The van der Waals surface area contributed by atoms with E-state index in [-0.39, 0.29) is 19.1 Å². The molecule has 0 fully saturated rings. The number of aromatic nitrogens is 2. The molecule has 3 aromatic rings. The van der Waals surface area contributed by atoms with Crippen LogP contribution in [0.5, 0.6) is 0 Å². The predicted octanol–water partition coefficient (Wildman–Crippen LogP) is 4.20.